The van der Waals surface area contributed by atoms with Crippen LogP contribution in [0.4, 0.5) is 11.4 Å². The second-order valence-corrected chi connectivity index (χ2v) is 3.25. The topological polar surface area (TPSA) is 98.3 Å². The van der Waals surface area contributed by atoms with E-state index in [1.807, 2.05) is 6.92 Å². The van der Waals surface area contributed by atoms with Crippen molar-refractivity contribution in [2.75, 3.05) is 11.9 Å². The molecule has 1 rings (SSSR count). The molecule has 0 aliphatic heterocycles. The minimum atomic E-state index is -0.678. The van der Waals surface area contributed by atoms with Crippen LogP contribution in [0.25, 0.3) is 0 Å². The summed E-state index contributed by atoms with van der Waals surface area (Å²) >= 11 is 0. The van der Waals surface area contributed by atoms with Crippen LogP contribution in [0, 0.1) is 10.1 Å². The number of carbonyl (C=O) groups excluding carboxylic acids is 1. The number of rotatable bonds is 5. The summed E-state index contributed by atoms with van der Waals surface area (Å²) in [7, 11) is 0. The van der Waals surface area contributed by atoms with Crippen molar-refractivity contribution in [3.8, 4) is 0 Å². The van der Waals surface area contributed by atoms with Crippen LogP contribution in [0.2, 0.25) is 0 Å². The van der Waals surface area contributed by atoms with E-state index in [-0.39, 0.29) is 16.9 Å². The second kappa shape index (κ2) is 5.11. The highest BCUT2D eigenvalue weighted by atomic mass is 16.6. The van der Waals surface area contributed by atoms with Crippen molar-refractivity contribution >= 4 is 17.3 Å². The van der Waals surface area contributed by atoms with Crippen LogP contribution in [0.5, 0.6) is 0 Å². The summed E-state index contributed by atoms with van der Waals surface area (Å²) in [5.74, 6) is -0.678. The number of nitro groups is 1. The number of primary amides is 1. The highest BCUT2D eigenvalue weighted by Gasteiger charge is 2.19. The first-order chi connectivity index (χ1) is 7.57. The predicted molar refractivity (Wildman–Crippen MR) is 60.4 cm³/mol. The van der Waals surface area contributed by atoms with Gasteiger partial charge in [0.1, 0.15) is 5.69 Å². The molecule has 0 saturated carbocycles. The Bertz CT molecular complexity index is 386. The molecule has 6 nitrogen and oxygen atoms in total. The molecule has 0 fully saturated rings. The average Bonchev–Trinajstić information content (AvgIpc) is 2.25. The molecule has 0 saturated heterocycles. The van der Waals surface area contributed by atoms with Gasteiger partial charge in [-0.05, 0) is 12.5 Å². The number of carbonyl (C=O) groups is 1. The fourth-order valence-electron chi connectivity index (χ4n) is 1.33. The molecule has 16 heavy (non-hydrogen) atoms. The SMILES string of the molecule is CCCNc1c(C(N)=O)cccc1[N+](=O)[O-]. The first-order valence-electron chi connectivity index (χ1n) is 4.89. The molecule has 0 heterocycles. The monoisotopic (exact) mass is 223 g/mol. The first-order valence-corrected chi connectivity index (χ1v) is 4.89. The molecule has 0 spiro atoms. The number of anilines is 1. The maximum Gasteiger partial charge on any atom is 0.293 e. The van der Waals surface area contributed by atoms with Gasteiger partial charge in [-0.1, -0.05) is 13.0 Å². The Morgan fingerprint density at radius 1 is 1.56 bits per heavy atom. The maximum absolute atomic E-state index is 11.1. The number of nitrogens with one attached hydrogen (secondary N) is 1. The Morgan fingerprint density at radius 3 is 2.75 bits per heavy atom. The van der Waals surface area contributed by atoms with Gasteiger partial charge in [-0.25, -0.2) is 0 Å². The minimum absolute atomic E-state index is 0.134. The van der Waals surface area contributed by atoms with E-state index in [2.05, 4.69) is 5.32 Å². The van der Waals surface area contributed by atoms with Gasteiger partial charge in [0.2, 0.25) is 0 Å². The highest BCUT2D eigenvalue weighted by molar-refractivity contribution is 6.00. The second-order valence-electron chi connectivity index (χ2n) is 3.25. The van der Waals surface area contributed by atoms with E-state index in [0.717, 1.165) is 6.42 Å². The van der Waals surface area contributed by atoms with Crippen LogP contribution in [0.15, 0.2) is 18.2 Å². The number of hydrogen-bond donors (Lipinski definition) is 2. The number of nitro benzene ring substituents is 1. The van der Waals surface area contributed by atoms with Crippen LogP contribution in [0.3, 0.4) is 0 Å². The molecule has 1 aromatic rings. The third-order valence-electron chi connectivity index (χ3n) is 2.06. The molecule has 0 aliphatic rings. The number of nitrogens with two attached hydrogens (primary N) is 1. The van der Waals surface area contributed by atoms with Crippen molar-refractivity contribution < 1.29 is 9.72 Å². The van der Waals surface area contributed by atoms with Crippen LogP contribution < -0.4 is 11.1 Å². The molecule has 0 radical (unpaired) electrons. The largest absolute Gasteiger partial charge is 0.379 e. The first kappa shape index (κ1) is 12.0. The van der Waals surface area contributed by atoms with E-state index in [1.165, 1.54) is 18.2 Å². The van der Waals surface area contributed by atoms with Gasteiger partial charge < -0.3 is 11.1 Å². The fraction of sp³-hybridized carbons (Fsp3) is 0.300. The summed E-state index contributed by atoms with van der Waals surface area (Å²) in [6, 6.07) is 4.24. The van der Waals surface area contributed by atoms with Crippen LogP contribution in [-0.4, -0.2) is 17.4 Å². The molecular formula is C10H13N3O3. The standard InChI is InChI=1S/C10H13N3O3/c1-2-6-12-9-7(10(11)14)4-3-5-8(9)13(15)16/h3-5,12H,2,6H2,1H3,(H2,11,14). The van der Waals surface area contributed by atoms with E-state index in [1.54, 1.807) is 0 Å². The summed E-state index contributed by atoms with van der Waals surface area (Å²) in [4.78, 5) is 21.4. The van der Waals surface area contributed by atoms with Crippen molar-refractivity contribution in [3.05, 3.63) is 33.9 Å². The normalized spacial score (nSPS) is 9.81. The van der Waals surface area contributed by atoms with Gasteiger partial charge in [-0.2, -0.15) is 0 Å². The summed E-state index contributed by atoms with van der Waals surface area (Å²) < 4.78 is 0. The summed E-state index contributed by atoms with van der Waals surface area (Å²) in [5, 5.41) is 13.6. The maximum atomic E-state index is 11.1. The van der Waals surface area contributed by atoms with Crippen LogP contribution in [0.1, 0.15) is 23.7 Å². The third kappa shape index (κ3) is 2.47. The number of benzene rings is 1. The minimum Gasteiger partial charge on any atom is -0.379 e. The average molecular weight is 223 g/mol. The molecule has 0 aliphatic carbocycles. The molecule has 1 aromatic carbocycles. The van der Waals surface area contributed by atoms with Crippen molar-refractivity contribution in [1.82, 2.24) is 0 Å². The van der Waals surface area contributed by atoms with Crippen LogP contribution in [-0.2, 0) is 0 Å². The van der Waals surface area contributed by atoms with Crippen molar-refractivity contribution in [1.29, 1.82) is 0 Å². The van der Waals surface area contributed by atoms with Crippen molar-refractivity contribution in [3.63, 3.8) is 0 Å². The van der Waals surface area contributed by atoms with Gasteiger partial charge in [0.05, 0.1) is 10.5 Å². The van der Waals surface area contributed by atoms with Gasteiger partial charge in [-0.15, -0.1) is 0 Å². The van der Waals surface area contributed by atoms with E-state index < -0.39 is 10.8 Å². The van der Waals surface area contributed by atoms with E-state index in [4.69, 9.17) is 5.73 Å². The Morgan fingerprint density at radius 2 is 2.25 bits per heavy atom. The van der Waals surface area contributed by atoms with Gasteiger partial charge in [0.15, 0.2) is 0 Å². The lowest BCUT2D eigenvalue weighted by atomic mass is 10.1. The molecule has 1 amide bonds. The van der Waals surface area contributed by atoms with Gasteiger partial charge in [-0.3, -0.25) is 14.9 Å². The fourth-order valence-corrected chi connectivity index (χ4v) is 1.33. The Hall–Kier alpha value is -2.11. The smallest absolute Gasteiger partial charge is 0.293 e. The van der Waals surface area contributed by atoms with E-state index in [0.29, 0.717) is 6.54 Å². The van der Waals surface area contributed by atoms with Crippen molar-refractivity contribution in [2.24, 2.45) is 5.73 Å². The zero-order valence-corrected chi connectivity index (χ0v) is 8.90. The number of para-hydroxylation sites is 1. The molecule has 0 unspecified atom stereocenters. The Balaban J connectivity index is 3.23. The van der Waals surface area contributed by atoms with Gasteiger partial charge >= 0.3 is 0 Å². The Kier molecular flexibility index (Phi) is 3.82. The molecule has 86 valence electrons. The lowest BCUT2D eigenvalue weighted by Gasteiger charge is -2.09. The predicted octanol–water partition coefficient (Wildman–Crippen LogP) is 1.52. The summed E-state index contributed by atoms with van der Waals surface area (Å²) in [5.41, 5.74) is 5.36. The number of amides is 1. The zero-order chi connectivity index (χ0) is 12.1. The quantitative estimate of drug-likeness (QED) is 0.584. The zero-order valence-electron chi connectivity index (χ0n) is 8.90. The van der Waals surface area contributed by atoms with Gasteiger partial charge in [0.25, 0.3) is 11.6 Å². The van der Waals surface area contributed by atoms with Gasteiger partial charge in [0, 0.05) is 12.6 Å². The van der Waals surface area contributed by atoms with Crippen LogP contribution >= 0.6 is 0 Å². The van der Waals surface area contributed by atoms with Crippen molar-refractivity contribution in [2.45, 2.75) is 13.3 Å². The molecule has 0 atom stereocenters. The van der Waals surface area contributed by atoms with E-state index in [9.17, 15) is 14.9 Å². The molecule has 0 aromatic heterocycles. The Labute approximate surface area is 92.6 Å². The lowest BCUT2D eigenvalue weighted by molar-refractivity contribution is -0.384. The number of nitrogens with zero attached hydrogens (tertiary/aromatic N) is 1. The molecular weight excluding hydrogens is 210 g/mol. The molecule has 3 N–H and O–H groups in total. The third-order valence-corrected chi connectivity index (χ3v) is 2.06. The summed E-state index contributed by atoms with van der Waals surface area (Å²) in [6.07, 6.45) is 0.796. The molecule has 6 heteroatoms. The molecule has 0 bridgehead atoms. The number of hydrogen-bond acceptors (Lipinski definition) is 4. The lowest BCUT2D eigenvalue weighted by Crippen LogP contribution is -2.15. The van der Waals surface area contributed by atoms with E-state index >= 15 is 0 Å². The summed E-state index contributed by atoms with van der Waals surface area (Å²) in [6.45, 7) is 2.47. The highest BCUT2D eigenvalue weighted by Crippen LogP contribution is 2.27.